The smallest absolute Gasteiger partial charge is 0.357 e. The van der Waals surface area contributed by atoms with E-state index in [2.05, 4.69) is 25.5 Å². The molecule has 0 atom stereocenters. The molecule has 0 radical (unpaired) electrons. The highest BCUT2D eigenvalue weighted by molar-refractivity contribution is 7.22. The van der Waals surface area contributed by atoms with Gasteiger partial charge in [-0.1, -0.05) is 23.5 Å². The van der Waals surface area contributed by atoms with Gasteiger partial charge in [-0.3, -0.25) is 4.79 Å². The predicted molar refractivity (Wildman–Crippen MR) is 132 cm³/mol. The lowest BCUT2D eigenvalue weighted by Gasteiger charge is -2.21. The Bertz CT molecular complexity index is 1290. The number of fused-ring (bicyclic) bond motifs is 1. The van der Waals surface area contributed by atoms with Crippen LogP contribution in [0.15, 0.2) is 35.7 Å². The second-order valence-electron chi connectivity index (χ2n) is 7.23. The fourth-order valence-corrected chi connectivity index (χ4v) is 4.83. The van der Waals surface area contributed by atoms with E-state index in [0.717, 1.165) is 15.8 Å². The SMILES string of the molecule is CCOC(=O)c1csc(N(CCCC(=O)O)c2cc(C)c(Nc3nc4ccccc4s3)nn2)n1. The Hall–Kier alpha value is -3.64. The molecular weight excluding hydrogens is 476 g/mol. The number of hydrogen-bond donors (Lipinski definition) is 2. The van der Waals surface area contributed by atoms with Gasteiger partial charge in [0.15, 0.2) is 27.6 Å². The summed E-state index contributed by atoms with van der Waals surface area (Å²) in [5, 5.41) is 23.8. The van der Waals surface area contributed by atoms with Gasteiger partial charge in [0.25, 0.3) is 0 Å². The number of thiazole rings is 2. The van der Waals surface area contributed by atoms with Crippen LogP contribution in [-0.2, 0) is 9.53 Å². The summed E-state index contributed by atoms with van der Waals surface area (Å²) in [6, 6.07) is 9.71. The molecule has 2 N–H and O–H groups in total. The number of nitrogens with zero attached hydrogens (tertiary/aromatic N) is 5. The van der Waals surface area contributed by atoms with Gasteiger partial charge in [-0.05, 0) is 44.0 Å². The molecule has 0 aliphatic carbocycles. The maximum atomic E-state index is 12.0. The van der Waals surface area contributed by atoms with Crippen LogP contribution in [0.3, 0.4) is 0 Å². The highest BCUT2D eigenvalue weighted by atomic mass is 32.1. The van der Waals surface area contributed by atoms with E-state index in [1.54, 1.807) is 17.2 Å². The van der Waals surface area contributed by atoms with E-state index in [0.29, 0.717) is 34.9 Å². The van der Waals surface area contributed by atoms with E-state index in [1.807, 2.05) is 37.3 Å². The third-order valence-corrected chi connectivity index (χ3v) is 6.56. The molecule has 0 spiro atoms. The molecule has 10 nitrogen and oxygen atoms in total. The van der Waals surface area contributed by atoms with E-state index in [9.17, 15) is 9.59 Å². The zero-order valence-electron chi connectivity index (χ0n) is 18.5. The van der Waals surface area contributed by atoms with Gasteiger partial charge in [0, 0.05) is 18.3 Å². The lowest BCUT2D eigenvalue weighted by Crippen LogP contribution is -2.21. The molecular formula is C22H22N6O4S2. The number of aromatic nitrogens is 4. The van der Waals surface area contributed by atoms with Crippen LogP contribution in [0, 0.1) is 6.92 Å². The molecule has 3 heterocycles. The largest absolute Gasteiger partial charge is 0.481 e. The summed E-state index contributed by atoms with van der Waals surface area (Å²) >= 11 is 2.78. The first-order chi connectivity index (χ1) is 16.4. The van der Waals surface area contributed by atoms with Crippen LogP contribution in [-0.4, -0.2) is 50.4 Å². The van der Waals surface area contributed by atoms with Crippen LogP contribution in [0.25, 0.3) is 10.2 Å². The molecule has 0 amide bonds. The van der Waals surface area contributed by atoms with E-state index >= 15 is 0 Å². The van der Waals surface area contributed by atoms with Gasteiger partial charge >= 0.3 is 11.9 Å². The van der Waals surface area contributed by atoms with Crippen LogP contribution in [0.1, 0.15) is 35.8 Å². The molecule has 0 saturated carbocycles. The lowest BCUT2D eigenvalue weighted by atomic mass is 10.2. The summed E-state index contributed by atoms with van der Waals surface area (Å²) in [7, 11) is 0. The number of rotatable bonds is 10. The highest BCUT2D eigenvalue weighted by Gasteiger charge is 2.20. The molecule has 1 aromatic carbocycles. The summed E-state index contributed by atoms with van der Waals surface area (Å²) in [5.41, 5.74) is 1.93. The topological polar surface area (TPSA) is 130 Å². The fourth-order valence-electron chi connectivity index (χ4n) is 3.14. The number of aliphatic carboxylic acids is 1. The summed E-state index contributed by atoms with van der Waals surface area (Å²) in [6.45, 7) is 4.23. The molecule has 0 saturated heterocycles. The minimum absolute atomic E-state index is 0.00371. The molecule has 4 rings (SSSR count). The average molecular weight is 499 g/mol. The van der Waals surface area contributed by atoms with E-state index < -0.39 is 11.9 Å². The molecule has 12 heteroatoms. The number of carboxylic acids is 1. The maximum absolute atomic E-state index is 12.0. The van der Waals surface area contributed by atoms with Crippen LogP contribution < -0.4 is 10.2 Å². The van der Waals surface area contributed by atoms with Gasteiger partial charge in [-0.15, -0.1) is 21.5 Å². The molecule has 176 valence electrons. The van der Waals surface area contributed by atoms with Crippen LogP contribution in [0.2, 0.25) is 0 Å². The molecule has 3 aromatic heterocycles. The number of anilines is 4. The van der Waals surface area contributed by atoms with Crippen molar-refractivity contribution in [3.05, 3.63) is 47.0 Å². The Morgan fingerprint density at radius 3 is 2.76 bits per heavy atom. The minimum Gasteiger partial charge on any atom is -0.481 e. The second-order valence-corrected chi connectivity index (χ2v) is 9.10. The van der Waals surface area contributed by atoms with Crippen molar-refractivity contribution in [2.75, 3.05) is 23.4 Å². The molecule has 0 aliphatic heterocycles. The molecule has 34 heavy (non-hydrogen) atoms. The van der Waals surface area contributed by atoms with Gasteiger partial charge in [0.1, 0.15) is 0 Å². The maximum Gasteiger partial charge on any atom is 0.357 e. The fraction of sp³-hybridized carbons (Fsp3) is 0.273. The van der Waals surface area contributed by atoms with E-state index in [4.69, 9.17) is 9.84 Å². The zero-order valence-corrected chi connectivity index (χ0v) is 20.2. The number of aryl methyl sites for hydroxylation is 1. The number of benzene rings is 1. The Morgan fingerprint density at radius 2 is 2.03 bits per heavy atom. The number of carbonyl (C=O) groups excluding carboxylic acids is 1. The van der Waals surface area contributed by atoms with Gasteiger partial charge in [-0.2, -0.15) is 0 Å². The van der Waals surface area contributed by atoms with Crippen molar-refractivity contribution in [3.63, 3.8) is 0 Å². The number of esters is 1. The summed E-state index contributed by atoms with van der Waals surface area (Å²) in [6.07, 6.45) is 0.367. The molecule has 0 bridgehead atoms. The van der Waals surface area contributed by atoms with Crippen molar-refractivity contribution in [2.45, 2.75) is 26.7 Å². The number of ether oxygens (including phenoxy) is 1. The standard InChI is InChI=1S/C22H22N6O4S2/c1-3-32-20(31)15-12-33-22(24-15)28(10-6-9-18(29)30)17-11-13(2)19(27-26-17)25-21-23-14-7-4-5-8-16(14)34-21/h4-5,7-8,11-12H,3,6,9-10H2,1-2H3,(H,29,30)(H,23,25,27). The first kappa shape index (κ1) is 23.5. The van der Waals surface area contributed by atoms with Crippen LogP contribution in [0.5, 0.6) is 0 Å². The van der Waals surface area contributed by atoms with Crippen molar-refractivity contribution in [2.24, 2.45) is 0 Å². The van der Waals surface area contributed by atoms with E-state index in [-0.39, 0.29) is 18.7 Å². The molecule has 0 aliphatic rings. The third kappa shape index (κ3) is 5.46. The number of hydrogen-bond acceptors (Lipinski definition) is 11. The zero-order chi connectivity index (χ0) is 24.1. The molecule has 0 fully saturated rings. The Labute approximate surface area is 203 Å². The molecule has 0 unspecified atom stereocenters. The van der Waals surface area contributed by atoms with Crippen LogP contribution >= 0.6 is 22.7 Å². The lowest BCUT2D eigenvalue weighted by molar-refractivity contribution is -0.137. The first-order valence-electron chi connectivity index (χ1n) is 10.5. The van der Waals surface area contributed by atoms with Crippen LogP contribution in [0.4, 0.5) is 21.9 Å². The monoisotopic (exact) mass is 498 g/mol. The number of carbonyl (C=O) groups is 2. The predicted octanol–water partition coefficient (Wildman–Crippen LogP) is 4.77. The average Bonchev–Trinajstić information content (AvgIpc) is 3.45. The van der Waals surface area contributed by atoms with Crippen molar-refractivity contribution in [1.82, 2.24) is 20.2 Å². The van der Waals surface area contributed by atoms with Crippen molar-refractivity contribution in [3.8, 4) is 0 Å². The Balaban J connectivity index is 1.58. The second kappa shape index (κ2) is 10.5. The number of para-hydroxylation sites is 1. The van der Waals surface area contributed by atoms with Crippen molar-refractivity contribution >= 4 is 66.7 Å². The first-order valence-corrected chi connectivity index (χ1v) is 12.2. The Kier molecular flexibility index (Phi) is 7.28. The summed E-state index contributed by atoms with van der Waals surface area (Å²) < 4.78 is 6.09. The minimum atomic E-state index is -0.885. The highest BCUT2D eigenvalue weighted by Crippen LogP contribution is 2.31. The summed E-state index contributed by atoms with van der Waals surface area (Å²) in [5.74, 6) is -0.320. The van der Waals surface area contributed by atoms with Gasteiger partial charge in [-0.25, -0.2) is 14.8 Å². The normalized spacial score (nSPS) is 10.9. The quantitative estimate of drug-likeness (QED) is 0.295. The van der Waals surface area contributed by atoms with E-state index in [1.165, 1.54) is 22.7 Å². The number of nitrogens with one attached hydrogen (secondary N) is 1. The van der Waals surface area contributed by atoms with Gasteiger partial charge < -0.3 is 20.1 Å². The Morgan fingerprint density at radius 1 is 1.21 bits per heavy atom. The van der Waals surface area contributed by atoms with Crippen molar-refractivity contribution in [1.29, 1.82) is 0 Å². The van der Waals surface area contributed by atoms with Gasteiger partial charge in [0.2, 0.25) is 0 Å². The summed E-state index contributed by atoms with van der Waals surface area (Å²) in [4.78, 5) is 33.8. The van der Waals surface area contributed by atoms with Crippen molar-refractivity contribution < 1.29 is 19.4 Å². The molecule has 4 aromatic rings. The number of carboxylic acid groups (broad SMARTS) is 1. The third-order valence-electron chi connectivity index (χ3n) is 4.75. The van der Waals surface area contributed by atoms with Gasteiger partial charge in [0.05, 0.1) is 16.8 Å².